The van der Waals surface area contributed by atoms with Gasteiger partial charge in [0.25, 0.3) is 0 Å². The molecule has 0 bridgehead atoms. The monoisotopic (exact) mass is 232 g/mol. The summed E-state index contributed by atoms with van der Waals surface area (Å²) in [5, 5.41) is 3.37. The summed E-state index contributed by atoms with van der Waals surface area (Å²) < 4.78 is 0. The summed E-state index contributed by atoms with van der Waals surface area (Å²) in [4.78, 5) is 9.34. The summed E-state index contributed by atoms with van der Waals surface area (Å²) in [7, 11) is 0. The molecule has 1 N–H and O–H groups in total. The predicted octanol–water partition coefficient (Wildman–Crippen LogP) is 1.09. The van der Waals surface area contributed by atoms with E-state index in [4.69, 9.17) is 0 Å². The van der Waals surface area contributed by atoms with Crippen molar-refractivity contribution in [2.24, 2.45) is 0 Å². The molecule has 2 fully saturated rings. The number of nitrogens with zero attached hydrogens (tertiary/aromatic N) is 3. The molecule has 3 heterocycles. The summed E-state index contributed by atoms with van der Waals surface area (Å²) in [6.45, 7) is 6.66. The van der Waals surface area contributed by atoms with Crippen LogP contribution in [0, 0.1) is 0 Å². The van der Waals surface area contributed by atoms with Crippen molar-refractivity contribution in [2.75, 3.05) is 49.1 Å². The summed E-state index contributed by atoms with van der Waals surface area (Å²) in [6, 6.07) is 4.38. The van der Waals surface area contributed by atoms with Gasteiger partial charge < -0.3 is 15.1 Å². The third-order valence-corrected chi connectivity index (χ3v) is 3.64. The highest BCUT2D eigenvalue weighted by Crippen LogP contribution is 2.23. The average molecular weight is 232 g/mol. The van der Waals surface area contributed by atoms with Crippen LogP contribution < -0.4 is 15.1 Å². The lowest BCUT2D eigenvalue weighted by Crippen LogP contribution is -2.43. The Morgan fingerprint density at radius 3 is 2.53 bits per heavy atom. The first-order valence-corrected chi connectivity index (χ1v) is 6.60. The van der Waals surface area contributed by atoms with Gasteiger partial charge in [-0.05, 0) is 18.9 Å². The fourth-order valence-electron chi connectivity index (χ4n) is 2.65. The number of pyridine rings is 1. The maximum Gasteiger partial charge on any atom is 0.130 e. The number of nitrogens with one attached hydrogen (secondary N) is 1. The molecule has 92 valence electrons. The second-order valence-corrected chi connectivity index (χ2v) is 4.80. The van der Waals surface area contributed by atoms with E-state index in [1.165, 1.54) is 31.6 Å². The first-order chi connectivity index (χ1) is 8.43. The van der Waals surface area contributed by atoms with Crippen molar-refractivity contribution in [1.29, 1.82) is 0 Å². The third-order valence-electron chi connectivity index (χ3n) is 3.64. The highest BCUT2D eigenvalue weighted by atomic mass is 15.2. The van der Waals surface area contributed by atoms with E-state index in [0.29, 0.717) is 0 Å². The average Bonchev–Trinajstić information content (AvgIpc) is 2.94. The summed E-state index contributed by atoms with van der Waals surface area (Å²) in [5.41, 5.74) is 1.34. The minimum Gasteiger partial charge on any atom is -0.371 e. The molecular formula is C13H20N4. The van der Waals surface area contributed by atoms with E-state index in [0.717, 1.165) is 32.0 Å². The van der Waals surface area contributed by atoms with E-state index in [-0.39, 0.29) is 0 Å². The summed E-state index contributed by atoms with van der Waals surface area (Å²) in [5.74, 6) is 1.14. The number of hydrogen-bond donors (Lipinski definition) is 1. The molecule has 0 amide bonds. The van der Waals surface area contributed by atoms with E-state index < -0.39 is 0 Å². The molecule has 4 nitrogen and oxygen atoms in total. The Hall–Kier alpha value is -1.29. The molecular weight excluding hydrogens is 212 g/mol. The first kappa shape index (κ1) is 10.8. The van der Waals surface area contributed by atoms with E-state index in [9.17, 15) is 0 Å². The topological polar surface area (TPSA) is 31.4 Å². The number of rotatable bonds is 2. The second kappa shape index (κ2) is 4.92. The minimum absolute atomic E-state index is 1.07. The maximum atomic E-state index is 4.51. The lowest BCUT2D eigenvalue weighted by molar-refractivity contribution is 0.585. The maximum absolute atomic E-state index is 4.51. The molecule has 1 aromatic rings. The molecule has 0 spiro atoms. The molecule has 2 aliphatic heterocycles. The molecule has 0 radical (unpaired) electrons. The van der Waals surface area contributed by atoms with Crippen LogP contribution in [0.3, 0.4) is 0 Å². The van der Waals surface area contributed by atoms with Gasteiger partial charge in [0.2, 0.25) is 0 Å². The van der Waals surface area contributed by atoms with Crippen LogP contribution >= 0.6 is 0 Å². The SMILES string of the molecule is c1cc(N2CCCC2)cc(N2CCNCC2)n1. The Balaban J connectivity index is 1.77. The Morgan fingerprint density at radius 1 is 1.00 bits per heavy atom. The summed E-state index contributed by atoms with van der Waals surface area (Å²) >= 11 is 0. The number of hydrogen-bond acceptors (Lipinski definition) is 4. The van der Waals surface area contributed by atoms with Gasteiger partial charge in [0.15, 0.2) is 0 Å². The van der Waals surface area contributed by atoms with Crippen molar-refractivity contribution >= 4 is 11.5 Å². The van der Waals surface area contributed by atoms with Crippen LogP contribution in [0.2, 0.25) is 0 Å². The Bertz CT molecular complexity index is 367. The first-order valence-electron chi connectivity index (χ1n) is 6.60. The van der Waals surface area contributed by atoms with Crippen molar-refractivity contribution in [1.82, 2.24) is 10.3 Å². The lowest BCUT2D eigenvalue weighted by atomic mass is 10.3. The van der Waals surface area contributed by atoms with Crippen LogP contribution in [0.25, 0.3) is 0 Å². The van der Waals surface area contributed by atoms with Gasteiger partial charge in [-0.15, -0.1) is 0 Å². The van der Waals surface area contributed by atoms with Gasteiger partial charge in [0, 0.05) is 57.2 Å². The smallest absolute Gasteiger partial charge is 0.130 e. The van der Waals surface area contributed by atoms with Gasteiger partial charge in [-0.1, -0.05) is 0 Å². The van der Waals surface area contributed by atoms with Gasteiger partial charge in [0.05, 0.1) is 0 Å². The van der Waals surface area contributed by atoms with Gasteiger partial charge in [-0.3, -0.25) is 0 Å². The number of piperazine rings is 1. The van der Waals surface area contributed by atoms with Gasteiger partial charge in [-0.25, -0.2) is 4.98 Å². The molecule has 2 aliphatic rings. The van der Waals surface area contributed by atoms with Crippen LogP contribution in [0.4, 0.5) is 11.5 Å². The molecule has 0 saturated carbocycles. The molecule has 0 aliphatic carbocycles. The van der Waals surface area contributed by atoms with Gasteiger partial charge >= 0.3 is 0 Å². The zero-order chi connectivity index (χ0) is 11.5. The second-order valence-electron chi connectivity index (χ2n) is 4.80. The molecule has 2 saturated heterocycles. The lowest BCUT2D eigenvalue weighted by Gasteiger charge is -2.29. The Morgan fingerprint density at radius 2 is 1.76 bits per heavy atom. The van der Waals surface area contributed by atoms with Crippen LogP contribution in [0.5, 0.6) is 0 Å². The Kier molecular flexibility index (Phi) is 3.14. The molecule has 0 unspecified atom stereocenters. The fourth-order valence-corrected chi connectivity index (χ4v) is 2.65. The van der Waals surface area contributed by atoms with Crippen LogP contribution in [-0.2, 0) is 0 Å². The zero-order valence-electron chi connectivity index (χ0n) is 10.2. The van der Waals surface area contributed by atoms with Crippen LogP contribution in [-0.4, -0.2) is 44.3 Å². The van der Waals surface area contributed by atoms with E-state index in [1.807, 2.05) is 6.20 Å². The van der Waals surface area contributed by atoms with E-state index >= 15 is 0 Å². The van der Waals surface area contributed by atoms with Crippen LogP contribution in [0.15, 0.2) is 18.3 Å². The highest BCUT2D eigenvalue weighted by Gasteiger charge is 2.15. The predicted molar refractivity (Wildman–Crippen MR) is 70.8 cm³/mol. The van der Waals surface area contributed by atoms with Crippen LogP contribution in [0.1, 0.15) is 12.8 Å². The number of aromatic nitrogens is 1. The van der Waals surface area contributed by atoms with Crippen molar-refractivity contribution in [3.63, 3.8) is 0 Å². The Labute approximate surface area is 103 Å². The van der Waals surface area contributed by atoms with E-state index in [1.54, 1.807) is 0 Å². The fraction of sp³-hybridized carbons (Fsp3) is 0.615. The molecule has 0 atom stereocenters. The molecule has 1 aromatic heterocycles. The van der Waals surface area contributed by atoms with Gasteiger partial charge in [0.1, 0.15) is 5.82 Å². The summed E-state index contributed by atoms with van der Waals surface area (Å²) in [6.07, 6.45) is 4.60. The third kappa shape index (κ3) is 2.36. The minimum atomic E-state index is 1.07. The zero-order valence-corrected chi connectivity index (χ0v) is 10.2. The van der Waals surface area contributed by atoms with Crippen molar-refractivity contribution in [3.05, 3.63) is 18.3 Å². The van der Waals surface area contributed by atoms with Crippen molar-refractivity contribution < 1.29 is 0 Å². The molecule has 4 heteroatoms. The molecule has 0 aromatic carbocycles. The van der Waals surface area contributed by atoms with Gasteiger partial charge in [-0.2, -0.15) is 0 Å². The number of anilines is 2. The highest BCUT2D eigenvalue weighted by molar-refractivity contribution is 5.55. The normalized spacial score (nSPS) is 20.9. The van der Waals surface area contributed by atoms with E-state index in [2.05, 4.69) is 32.2 Å². The quantitative estimate of drug-likeness (QED) is 0.827. The molecule has 3 rings (SSSR count). The van der Waals surface area contributed by atoms with Crippen molar-refractivity contribution in [2.45, 2.75) is 12.8 Å². The molecule has 17 heavy (non-hydrogen) atoms. The standard InChI is InChI=1S/C13H20N4/c1-2-8-16(7-1)12-3-4-15-13(11-12)17-9-5-14-6-10-17/h3-4,11,14H,1-2,5-10H2. The largest absolute Gasteiger partial charge is 0.371 e. The van der Waals surface area contributed by atoms with Crippen molar-refractivity contribution in [3.8, 4) is 0 Å².